The van der Waals surface area contributed by atoms with Gasteiger partial charge in [-0.3, -0.25) is 4.79 Å². The van der Waals surface area contributed by atoms with Crippen molar-refractivity contribution in [3.63, 3.8) is 0 Å². The zero-order chi connectivity index (χ0) is 19.2. The van der Waals surface area contributed by atoms with E-state index in [1.54, 1.807) is 7.05 Å². The molecule has 2 heterocycles. The summed E-state index contributed by atoms with van der Waals surface area (Å²) in [6, 6.07) is 5.94. The summed E-state index contributed by atoms with van der Waals surface area (Å²) in [5, 5.41) is 18.3. The summed E-state index contributed by atoms with van der Waals surface area (Å²) >= 11 is 0. The summed E-state index contributed by atoms with van der Waals surface area (Å²) < 4.78 is 5.43. The number of nitrogens with zero attached hydrogens (tertiary/aromatic N) is 6. The molecule has 9 nitrogen and oxygen atoms in total. The Kier molecular flexibility index (Phi) is 4.13. The third kappa shape index (κ3) is 3.39. The number of benzene rings is 1. The van der Waals surface area contributed by atoms with Crippen LogP contribution in [-0.2, 0) is 18.6 Å². The van der Waals surface area contributed by atoms with Gasteiger partial charge in [-0.25, -0.2) is 0 Å². The fourth-order valence-corrected chi connectivity index (χ4v) is 3.14. The smallest absolute Gasteiger partial charge is 0.293 e. The molecule has 0 saturated heterocycles. The van der Waals surface area contributed by atoms with Crippen LogP contribution in [0.25, 0.3) is 11.5 Å². The maximum Gasteiger partial charge on any atom is 0.293 e. The second kappa shape index (κ2) is 6.36. The lowest BCUT2D eigenvalue weighted by Crippen LogP contribution is -2.28. The van der Waals surface area contributed by atoms with Crippen LogP contribution in [0.15, 0.2) is 22.7 Å². The van der Waals surface area contributed by atoms with Gasteiger partial charge in [0.1, 0.15) is 0 Å². The predicted molar refractivity (Wildman–Crippen MR) is 104 cm³/mol. The first kappa shape index (κ1) is 17.5. The maximum absolute atomic E-state index is 12.3. The van der Waals surface area contributed by atoms with Gasteiger partial charge < -0.3 is 9.84 Å². The van der Waals surface area contributed by atoms with Crippen LogP contribution in [0.1, 0.15) is 40.0 Å². The minimum absolute atomic E-state index is 0.0711. The quantitative estimate of drug-likeness (QED) is 0.520. The molecule has 0 saturated carbocycles. The molecule has 1 atom stereocenters. The average molecular weight is 361 g/mol. The second-order valence-electron chi connectivity index (χ2n) is 7.75. The first-order valence-electron chi connectivity index (χ1n) is 8.83. The lowest BCUT2D eigenvalue weighted by molar-refractivity contribution is 0.0926. The van der Waals surface area contributed by atoms with Gasteiger partial charge in [-0.15, -0.1) is 10.2 Å². The van der Waals surface area contributed by atoms with Crippen LogP contribution in [0.3, 0.4) is 0 Å². The summed E-state index contributed by atoms with van der Waals surface area (Å²) in [6.45, 7) is 0. The van der Waals surface area contributed by atoms with Gasteiger partial charge in [-0.05, 0) is 41.3 Å². The lowest BCUT2D eigenvalue weighted by Gasteiger charge is -2.12. The van der Waals surface area contributed by atoms with Crippen molar-refractivity contribution in [2.45, 2.75) is 24.0 Å². The lowest BCUT2D eigenvalue weighted by atomic mass is 9.42. The molecule has 27 heavy (non-hydrogen) atoms. The highest BCUT2D eigenvalue weighted by Gasteiger charge is 2.27. The van der Waals surface area contributed by atoms with E-state index in [2.05, 4.69) is 36.9 Å². The van der Waals surface area contributed by atoms with Gasteiger partial charge in [-0.2, -0.15) is 9.78 Å². The molecule has 0 radical (unpaired) electrons. The van der Waals surface area contributed by atoms with E-state index in [-0.39, 0.29) is 22.9 Å². The summed E-state index contributed by atoms with van der Waals surface area (Å²) in [4.78, 5) is 18.1. The van der Waals surface area contributed by atoms with Crippen LogP contribution in [0.4, 0.5) is 0 Å². The van der Waals surface area contributed by atoms with Crippen LogP contribution < -0.4 is 5.32 Å². The maximum atomic E-state index is 12.3. The Morgan fingerprint density at radius 1 is 1.37 bits per heavy atom. The van der Waals surface area contributed by atoms with E-state index in [4.69, 9.17) is 4.52 Å². The molecular formula is C15H18B3N7O2. The van der Waals surface area contributed by atoms with Crippen molar-refractivity contribution in [3.05, 3.63) is 41.0 Å². The molecule has 134 valence electrons. The largest absolute Gasteiger partial charge is 0.342 e. The number of carbonyl (C=O) groups is 1. The number of amides is 1. The van der Waals surface area contributed by atoms with Crippen LogP contribution >= 0.6 is 0 Å². The fourth-order valence-electron chi connectivity index (χ4n) is 3.14. The molecule has 1 aromatic carbocycles. The highest BCUT2D eigenvalue weighted by atomic mass is 16.5. The van der Waals surface area contributed by atoms with Crippen LogP contribution in [0.2, 0.25) is 0 Å². The monoisotopic (exact) mass is 361 g/mol. The summed E-state index contributed by atoms with van der Waals surface area (Å²) in [7, 11) is 7.76. The van der Waals surface area contributed by atoms with Gasteiger partial charge in [0.25, 0.3) is 17.6 Å². The normalized spacial score (nSPS) is 16.3. The first-order valence-corrected chi connectivity index (χ1v) is 8.83. The molecule has 12 heteroatoms. The van der Waals surface area contributed by atoms with E-state index in [1.807, 2.05) is 35.7 Å². The number of rotatable bonds is 4. The molecule has 0 spiro atoms. The van der Waals surface area contributed by atoms with Crippen molar-refractivity contribution in [1.29, 1.82) is 0 Å². The number of fused-ring (bicyclic) bond motifs is 1. The topological polar surface area (TPSA) is 112 Å². The first-order chi connectivity index (χ1) is 12.8. The van der Waals surface area contributed by atoms with Gasteiger partial charge in [0, 0.05) is 5.56 Å². The van der Waals surface area contributed by atoms with Gasteiger partial charge in [-0.1, -0.05) is 16.3 Å². The molecular weight excluding hydrogens is 343 g/mol. The van der Waals surface area contributed by atoms with Crippen LogP contribution in [0, 0.1) is 0 Å². The minimum atomic E-state index is -0.322. The Hall–Kier alpha value is -2.91. The van der Waals surface area contributed by atoms with Gasteiger partial charge in [0.2, 0.25) is 0 Å². The van der Waals surface area contributed by atoms with Crippen molar-refractivity contribution in [2.24, 2.45) is 7.05 Å². The molecule has 0 bridgehead atoms. The van der Waals surface area contributed by atoms with Gasteiger partial charge >= 0.3 is 0 Å². The van der Waals surface area contributed by atoms with Gasteiger partial charge in [0.15, 0.2) is 5.82 Å². The van der Waals surface area contributed by atoms with E-state index in [1.165, 1.54) is 10.4 Å². The number of hydrogen-bond acceptors (Lipinski definition) is 7. The molecule has 4 rings (SSSR count). The Bertz CT molecular complexity index is 1010. The Labute approximate surface area is 158 Å². The fraction of sp³-hybridized carbons (Fsp3) is 0.333. The van der Waals surface area contributed by atoms with E-state index in [9.17, 15) is 4.79 Å². The molecule has 0 fully saturated rings. The molecule has 3 aromatic rings. The standard InChI is InChI=1S/C15H18B3N7O2/c1-25-22-11(21-24-25)12(26)19-10-5-3-7-6-8(2-4-9(7)10)13-20-14(23-27-13)15(16,17)18/h2,4,6,10H,3,5,16-18H2,1H3,(H,19,26)/t10-/m1/s1. The van der Waals surface area contributed by atoms with E-state index in [0.29, 0.717) is 11.7 Å². The molecule has 2 aromatic heterocycles. The van der Waals surface area contributed by atoms with Crippen molar-refractivity contribution in [2.75, 3.05) is 0 Å². The molecule has 0 aliphatic heterocycles. The van der Waals surface area contributed by atoms with Crippen molar-refractivity contribution in [1.82, 2.24) is 35.7 Å². The second-order valence-corrected chi connectivity index (χ2v) is 7.75. The highest BCUT2D eigenvalue weighted by molar-refractivity contribution is 6.58. The molecule has 1 aliphatic carbocycles. The number of aromatic nitrogens is 6. The number of tetrazole rings is 1. The van der Waals surface area contributed by atoms with Crippen molar-refractivity contribution >= 4 is 29.4 Å². The molecule has 0 unspecified atom stereocenters. The number of nitrogens with one attached hydrogen (secondary N) is 1. The Morgan fingerprint density at radius 2 is 2.19 bits per heavy atom. The molecule has 1 aliphatic rings. The highest BCUT2D eigenvalue weighted by Crippen LogP contribution is 2.34. The number of hydrogen-bond donors (Lipinski definition) is 1. The zero-order valence-corrected chi connectivity index (χ0v) is 15.7. The number of aryl methyl sites for hydroxylation is 2. The van der Waals surface area contributed by atoms with E-state index in [0.717, 1.165) is 24.0 Å². The van der Waals surface area contributed by atoms with Crippen molar-refractivity contribution in [3.8, 4) is 11.5 Å². The third-order valence-corrected chi connectivity index (χ3v) is 4.58. The van der Waals surface area contributed by atoms with E-state index < -0.39 is 0 Å². The van der Waals surface area contributed by atoms with Crippen LogP contribution in [-0.4, -0.2) is 59.8 Å². The SMILES string of the molecule is BC(B)(B)c1noc(-c2ccc3c(c2)CC[C@H]3NC(=O)c2nnn(C)n2)n1. The Morgan fingerprint density at radius 3 is 2.85 bits per heavy atom. The predicted octanol–water partition coefficient (Wildman–Crippen LogP) is -2.31. The Balaban J connectivity index is 1.54. The van der Waals surface area contributed by atoms with Gasteiger partial charge in [0.05, 0.1) is 36.6 Å². The minimum Gasteiger partial charge on any atom is -0.342 e. The summed E-state index contributed by atoms with van der Waals surface area (Å²) in [6.07, 6.45) is 1.68. The molecule has 1 amide bonds. The van der Waals surface area contributed by atoms with Crippen LogP contribution in [0.5, 0.6) is 0 Å². The molecule has 1 N–H and O–H groups in total. The average Bonchev–Trinajstić information content (AvgIpc) is 3.33. The number of carbonyl (C=O) groups excluding carboxylic acids is 1. The summed E-state index contributed by atoms with van der Waals surface area (Å²) in [5.41, 5.74) is 3.14. The van der Waals surface area contributed by atoms with E-state index >= 15 is 0 Å². The van der Waals surface area contributed by atoms with Crippen molar-refractivity contribution < 1.29 is 9.32 Å². The zero-order valence-electron chi connectivity index (χ0n) is 15.7. The third-order valence-electron chi connectivity index (χ3n) is 4.58. The summed E-state index contributed by atoms with van der Waals surface area (Å²) in [5.74, 6) is 0.943.